The van der Waals surface area contributed by atoms with Crippen molar-refractivity contribution in [1.82, 2.24) is 0 Å². The van der Waals surface area contributed by atoms with E-state index in [1.165, 1.54) is 12.1 Å². The Morgan fingerprint density at radius 1 is 1.07 bits per heavy atom. The van der Waals surface area contributed by atoms with Crippen molar-refractivity contribution >= 4 is 15.8 Å². The molecule has 0 aromatic heterocycles. The summed E-state index contributed by atoms with van der Waals surface area (Å²) in [5.74, 6) is 4.48. The zero-order valence-electron chi connectivity index (χ0n) is 15.4. The number of benzene rings is 2. The van der Waals surface area contributed by atoms with E-state index in [2.05, 4.69) is 5.92 Å². The number of hydrogen-bond acceptors (Lipinski definition) is 4. The fourth-order valence-electron chi connectivity index (χ4n) is 2.48. The molecule has 1 aliphatic carbocycles. The summed E-state index contributed by atoms with van der Waals surface area (Å²) in [6.45, 7) is 0. The zero-order chi connectivity index (χ0) is 21.9. The summed E-state index contributed by atoms with van der Waals surface area (Å²) in [5, 5.41) is 10.4. The molecule has 1 unspecified atom stereocenters. The average molecular weight is 427 g/mol. The van der Waals surface area contributed by atoms with E-state index in [0.29, 0.717) is 17.4 Å². The molecule has 0 saturated heterocycles. The Bertz CT molecular complexity index is 1020. The fourth-order valence-corrected chi connectivity index (χ4v) is 2.48. The summed E-state index contributed by atoms with van der Waals surface area (Å²) in [5.41, 5.74) is 3.29. The SMILES string of the molecule is CS(=O)(=O)O.Nc1c(-c2ccccc2)cccc1C(O)(C#CC1CC1)C(F)(F)F. The van der Waals surface area contributed by atoms with Gasteiger partial charge in [0.15, 0.2) is 0 Å². The second-order valence-electron chi connectivity index (χ2n) is 6.62. The molecule has 0 spiro atoms. The quantitative estimate of drug-likeness (QED) is 0.386. The minimum absolute atomic E-state index is 0.0718. The van der Waals surface area contributed by atoms with E-state index >= 15 is 0 Å². The molecule has 0 amide bonds. The predicted molar refractivity (Wildman–Crippen MR) is 104 cm³/mol. The van der Waals surface area contributed by atoms with Crippen molar-refractivity contribution in [2.45, 2.75) is 24.6 Å². The highest BCUT2D eigenvalue weighted by Crippen LogP contribution is 2.43. The molecule has 2 aromatic carbocycles. The third kappa shape index (κ3) is 6.22. The second-order valence-corrected chi connectivity index (χ2v) is 8.08. The molecule has 29 heavy (non-hydrogen) atoms. The topological polar surface area (TPSA) is 101 Å². The molecule has 1 saturated carbocycles. The smallest absolute Gasteiger partial charge is 0.398 e. The number of rotatable bonds is 2. The van der Waals surface area contributed by atoms with Crippen LogP contribution in [-0.4, -0.2) is 30.5 Å². The summed E-state index contributed by atoms with van der Waals surface area (Å²) in [6, 6.07) is 13.1. The highest BCUT2D eigenvalue weighted by Gasteiger charge is 2.55. The molecule has 0 bridgehead atoms. The van der Waals surface area contributed by atoms with Crippen molar-refractivity contribution in [2.24, 2.45) is 5.92 Å². The second kappa shape index (κ2) is 8.45. The summed E-state index contributed by atoms with van der Waals surface area (Å²) in [7, 11) is -3.67. The molecule has 0 heterocycles. The molecule has 0 radical (unpaired) electrons. The normalized spacial score (nSPS) is 15.9. The van der Waals surface area contributed by atoms with Gasteiger partial charge in [0.1, 0.15) is 0 Å². The molecule has 0 aliphatic heterocycles. The Hall–Kier alpha value is -2.54. The van der Waals surface area contributed by atoms with Gasteiger partial charge in [0.25, 0.3) is 10.1 Å². The first-order valence-corrected chi connectivity index (χ1v) is 10.4. The molecule has 1 fully saturated rings. The maximum absolute atomic E-state index is 13.6. The van der Waals surface area contributed by atoms with Crippen molar-refractivity contribution in [3.8, 4) is 23.0 Å². The lowest BCUT2D eigenvalue weighted by Gasteiger charge is -2.27. The molecule has 5 nitrogen and oxygen atoms in total. The van der Waals surface area contributed by atoms with Gasteiger partial charge in [0.2, 0.25) is 5.60 Å². The number of para-hydroxylation sites is 1. The Kier molecular flexibility index (Phi) is 6.63. The lowest BCUT2D eigenvalue weighted by Crippen LogP contribution is -2.41. The first kappa shape index (κ1) is 22.7. The lowest BCUT2D eigenvalue weighted by molar-refractivity contribution is -0.240. The first-order chi connectivity index (χ1) is 13.3. The maximum atomic E-state index is 13.6. The van der Waals surface area contributed by atoms with Crippen LogP contribution < -0.4 is 5.73 Å². The fraction of sp³-hybridized carbons (Fsp3) is 0.300. The number of halogens is 3. The summed E-state index contributed by atoms with van der Waals surface area (Å²) in [4.78, 5) is 0. The van der Waals surface area contributed by atoms with E-state index in [4.69, 9.17) is 10.3 Å². The van der Waals surface area contributed by atoms with Crippen LogP contribution in [0.25, 0.3) is 11.1 Å². The molecule has 2 aromatic rings. The molecule has 156 valence electrons. The third-order valence-electron chi connectivity index (χ3n) is 4.03. The van der Waals surface area contributed by atoms with Gasteiger partial charge in [0.05, 0.1) is 6.26 Å². The van der Waals surface area contributed by atoms with Crippen LogP contribution in [-0.2, 0) is 15.7 Å². The van der Waals surface area contributed by atoms with Gasteiger partial charge in [-0.15, -0.1) is 0 Å². The predicted octanol–water partition coefficient (Wildman–Crippen LogP) is 3.60. The number of anilines is 1. The lowest BCUT2D eigenvalue weighted by atomic mass is 9.88. The van der Waals surface area contributed by atoms with Gasteiger partial charge in [0, 0.05) is 22.7 Å². The zero-order valence-corrected chi connectivity index (χ0v) is 16.3. The van der Waals surface area contributed by atoms with E-state index < -0.39 is 27.5 Å². The van der Waals surface area contributed by atoms with Crippen LogP contribution in [0.15, 0.2) is 48.5 Å². The molecule has 1 aliphatic rings. The van der Waals surface area contributed by atoms with Crippen LogP contribution in [0, 0.1) is 17.8 Å². The van der Waals surface area contributed by atoms with Crippen LogP contribution >= 0.6 is 0 Å². The summed E-state index contributed by atoms with van der Waals surface area (Å²) >= 11 is 0. The van der Waals surface area contributed by atoms with Gasteiger partial charge in [-0.1, -0.05) is 60.4 Å². The molecule has 9 heteroatoms. The van der Waals surface area contributed by atoms with Crippen molar-refractivity contribution in [2.75, 3.05) is 12.0 Å². The van der Waals surface area contributed by atoms with Crippen molar-refractivity contribution < 1.29 is 31.2 Å². The van der Waals surface area contributed by atoms with E-state index in [-0.39, 0.29) is 11.6 Å². The summed E-state index contributed by atoms with van der Waals surface area (Å²) in [6.07, 6.45) is -2.70. The molecular weight excluding hydrogens is 407 g/mol. The Labute approximate surface area is 167 Å². The number of nitrogen functional groups attached to an aromatic ring is 1. The van der Waals surface area contributed by atoms with Gasteiger partial charge < -0.3 is 10.8 Å². The van der Waals surface area contributed by atoms with Crippen molar-refractivity contribution in [3.05, 3.63) is 54.1 Å². The van der Waals surface area contributed by atoms with Gasteiger partial charge in [-0.25, -0.2) is 0 Å². The number of aliphatic hydroxyl groups is 1. The van der Waals surface area contributed by atoms with Crippen LogP contribution in [0.1, 0.15) is 18.4 Å². The average Bonchev–Trinajstić information content (AvgIpc) is 3.43. The monoisotopic (exact) mass is 427 g/mol. The molecule has 3 rings (SSSR count). The Morgan fingerprint density at radius 3 is 2.10 bits per heavy atom. The molecular formula is C20H20F3NO4S. The largest absolute Gasteiger partial charge is 0.433 e. The first-order valence-electron chi connectivity index (χ1n) is 8.51. The minimum Gasteiger partial charge on any atom is -0.398 e. The van der Waals surface area contributed by atoms with Crippen LogP contribution in [0.4, 0.5) is 18.9 Å². The third-order valence-corrected chi connectivity index (χ3v) is 4.03. The summed E-state index contributed by atoms with van der Waals surface area (Å²) < 4.78 is 66.6. The number of nitrogens with two attached hydrogens (primary N) is 1. The maximum Gasteiger partial charge on any atom is 0.433 e. The van der Waals surface area contributed by atoms with Gasteiger partial charge in [-0.3, -0.25) is 4.55 Å². The Morgan fingerprint density at radius 2 is 1.62 bits per heavy atom. The van der Waals surface area contributed by atoms with E-state index in [1.54, 1.807) is 36.4 Å². The molecule has 4 N–H and O–H groups in total. The van der Waals surface area contributed by atoms with Gasteiger partial charge in [-0.2, -0.15) is 21.6 Å². The van der Waals surface area contributed by atoms with E-state index in [9.17, 15) is 26.7 Å². The number of hydrogen-bond donors (Lipinski definition) is 3. The highest BCUT2D eigenvalue weighted by atomic mass is 32.2. The van der Waals surface area contributed by atoms with Gasteiger partial charge >= 0.3 is 6.18 Å². The molecule has 1 atom stereocenters. The van der Waals surface area contributed by atoms with Gasteiger partial charge in [-0.05, 0) is 18.4 Å². The standard InChI is InChI=1S/C19H16F3NO.CH4O3S/c20-19(21,22)18(24,12-11-13-9-10-13)16-8-4-7-15(17(16)23)14-5-2-1-3-6-14;1-5(2,3)4/h1-8,13,24H,9-10,23H2;1H3,(H,2,3,4). The van der Waals surface area contributed by atoms with E-state index in [0.717, 1.165) is 12.8 Å². The van der Waals surface area contributed by atoms with Crippen LogP contribution in [0.3, 0.4) is 0 Å². The highest BCUT2D eigenvalue weighted by molar-refractivity contribution is 7.85. The van der Waals surface area contributed by atoms with Crippen LogP contribution in [0.5, 0.6) is 0 Å². The number of alkyl halides is 3. The minimum atomic E-state index is -4.95. The van der Waals surface area contributed by atoms with Crippen molar-refractivity contribution in [1.29, 1.82) is 0 Å². The van der Waals surface area contributed by atoms with Crippen LogP contribution in [0.2, 0.25) is 0 Å². The Balaban J connectivity index is 0.000000537. The van der Waals surface area contributed by atoms with E-state index in [1.807, 2.05) is 5.92 Å². The van der Waals surface area contributed by atoms with Crippen molar-refractivity contribution in [3.63, 3.8) is 0 Å².